The van der Waals surface area contributed by atoms with Crippen molar-refractivity contribution >= 4 is 46.9 Å². The van der Waals surface area contributed by atoms with Gasteiger partial charge in [0.25, 0.3) is 11.8 Å². The Balaban J connectivity index is 1.76. The molecule has 1 aliphatic rings. The standard InChI is InChI=1S/C27H25N3O4S/c1-15-7-6-8-21(11-15)30-25(32)22(24(31)28-27(30)35)14-20-13-17(3)29(18(20)4)23-10-9-19(12-16(23)2)26(33)34-5/h6-14H,1-5H3,(H,28,31,35)/b22-14+. The first-order valence-corrected chi connectivity index (χ1v) is 11.4. The highest BCUT2D eigenvalue weighted by atomic mass is 32.1. The summed E-state index contributed by atoms with van der Waals surface area (Å²) in [6.07, 6.45) is 1.60. The van der Waals surface area contributed by atoms with E-state index in [4.69, 9.17) is 17.0 Å². The Hall–Kier alpha value is -4.04. The van der Waals surface area contributed by atoms with Gasteiger partial charge in [-0.05, 0) is 99.1 Å². The molecule has 0 saturated carbocycles. The van der Waals surface area contributed by atoms with Gasteiger partial charge in [-0.2, -0.15) is 0 Å². The molecular formula is C27H25N3O4S. The van der Waals surface area contributed by atoms with Crippen molar-refractivity contribution < 1.29 is 19.1 Å². The molecule has 2 amide bonds. The summed E-state index contributed by atoms with van der Waals surface area (Å²) in [4.78, 5) is 39.4. The van der Waals surface area contributed by atoms with Crippen LogP contribution < -0.4 is 10.2 Å². The first-order valence-electron chi connectivity index (χ1n) is 11.0. The van der Waals surface area contributed by atoms with Crippen molar-refractivity contribution in [3.05, 3.63) is 87.7 Å². The SMILES string of the molecule is COC(=O)c1ccc(-n2c(C)cc(/C=C3\C(=O)NC(=S)N(c4cccc(C)c4)C3=O)c2C)c(C)c1. The number of esters is 1. The van der Waals surface area contributed by atoms with Crippen molar-refractivity contribution in [1.82, 2.24) is 9.88 Å². The average Bonchev–Trinajstić information content (AvgIpc) is 3.08. The van der Waals surface area contributed by atoms with Crippen LogP contribution in [0.1, 0.15) is 38.4 Å². The molecule has 1 fully saturated rings. The van der Waals surface area contributed by atoms with Crippen LogP contribution in [0.3, 0.4) is 0 Å². The van der Waals surface area contributed by atoms with Crippen LogP contribution in [-0.4, -0.2) is 34.6 Å². The number of aromatic nitrogens is 1. The van der Waals surface area contributed by atoms with Gasteiger partial charge in [-0.25, -0.2) is 4.79 Å². The van der Waals surface area contributed by atoms with E-state index in [2.05, 4.69) is 5.32 Å². The molecule has 178 valence electrons. The fourth-order valence-electron chi connectivity index (χ4n) is 4.27. The Morgan fingerprint density at radius 3 is 2.43 bits per heavy atom. The summed E-state index contributed by atoms with van der Waals surface area (Å²) in [5.41, 5.74) is 6.30. The zero-order valence-electron chi connectivity index (χ0n) is 20.1. The van der Waals surface area contributed by atoms with Gasteiger partial charge in [0.2, 0.25) is 0 Å². The van der Waals surface area contributed by atoms with E-state index < -0.39 is 17.8 Å². The van der Waals surface area contributed by atoms with Crippen LogP contribution in [0, 0.1) is 27.7 Å². The second-order valence-corrected chi connectivity index (χ2v) is 8.84. The van der Waals surface area contributed by atoms with Gasteiger partial charge in [0.1, 0.15) is 5.57 Å². The third-order valence-corrected chi connectivity index (χ3v) is 6.28. The molecule has 4 rings (SSSR count). The Labute approximate surface area is 209 Å². The summed E-state index contributed by atoms with van der Waals surface area (Å²) in [7, 11) is 1.35. The lowest BCUT2D eigenvalue weighted by atomic mass is 10.1. The molecule has 0 aliphatic carbocycles. The molecule has 0 bridgehead atoms. The number of thiocarbonyl (C=S) groups is 1. The normalized spacial score (nSPS) is 14.9. The fraction of sp³-hybridized carbons (Fsp3) is 0.185. The van der Waals surface area contributed by atoms with E-state index in [1.54, 1.807) is 24.3 Å². The highest BCUT2D eigenvalue weighted by Crippen LogP contribution is 2.28. The molecule has 2 aromatic carbocycles. The number of methoxy groups -OCH3 is 1. The van der Waals surface area contributed by atoms with Crippen molar-refractivity contribution in [2.45, 2.75) is 27.7 Å². The lowest BCUT2D eigenvalue weighted by molar-refractivity contribution is -0.122. The number of ether oxygens (including phenoxy) is 1. The monoisotopic (exact) mass is 487 g/mol. The number of hydrogen-bond acceptors (Lipinski definition) is 5. The highest BCUT2D eigenvalue weighted by molar-refractivity contribution is 7.80. The molecule has 0 spiro atoms. The molecule has 7 nitrogen and oxygen atoms in total. The predicted molar refractivity (Wildman–Crippen MR) is 139 cm³/mol. The van der Waals surface area contributed by atoms with Gasteiger partial charge in [-0.3, -0.25) is 19.8 Å². The summed E-state index contributed by atoms with van der Waals surface area (Å²) in [6, 6.07) is 14.6. The second kappa shape index (κ2) is 9.31. The van der Waals surface area contributed by atoms with E-state index >= 15 is 0 Å². The fourth-order valence-corrected chi connectivity index (χ4v) is 4.55. The van der Waals surface area contributed by atoms with Crippen molar-refractivity contribution in [3.63, 3.8) is 0 Å². The molecule has 1 saturated heterocycles. The van der Waals surface area contributed by atoms with Gasteiger partial charge in [0, 0.05) is 17.1 Å². The second-order valence-electron chi connectivity index (χ2n) is 8.45. The maximum absolute atomic E-state index is 13.4. The predicted octanol–water partition coefficient (Wildman–Crippen LogP) is 4.33. The van der Waals surface area contributed by atoms with Crippen molar-refractivity contribution in [2.24, 2.45) is 0 Å². The molecule has 0 unspecified atom stereocenters. The van der Waals surface area contributed by atoms with Gasteiger partial charge in [-0.1, -0.05) is 12.1 Å². The number of carbonyl (C=O) groups is 3. The van der Waals surface area contributed by atoms with E-state index in [9.17, 15) is 14.4 Å². The third-order valence-electron chi connectivity index (χ3n) is 5.99. The van der Waals surface area contributed by atoms with Crippen LogP contribution in [-0.2, 0) is 14.3 Å². The average molecular weight is 488 g/mol. The van der Waals surface area contributed by atoms with Crippen LogP contribution in [0.2, 0.25) is 0 Å². The summed E-state index contributed by atoms with van der Waals surface area (Å²) < 4.78 is 6.84. The quantitative estimate of drug-likeness (QED) is 0.256. The topological polar surface area (TPSA) is 80.6 Å². The third kappa shape index (κ3) is 4.40. The minimum absolute atomic E-state index is 0.00174. The lowest BCUT2D eigenvalue weighted by Crippen LogP contribution is -2.54. The number of rotatable bonds is 4. The zero-order valence-corrected chi connectivity index (χ0v) is 20.9. The number of amides is 2. The van der Waals surface area contributed by atoms with E-state index in [1.165, 1.54) is 12.0 Å². The summed E-state index contributed by atoms with van der Waals surface area (Å²) in [6.45, 7) is 7.70. The number of aryl methyl sites for hydroxylation is 3. The molecule has 2 heterocycles. The van der Waals surface area contributed by atoms with Crippen molar-refractivity contribution in [1.29, 1.82) is 0 Å². The largest absolute Gasteiger partial charge is 0.465 e. The number of nitrogens with one attached hydrogen (secondary N) is 1. The molecule has 1 N–H and O–H groups in total. The number of anilines is 1. The van der Waals surface area contributed by atoms with Crippen molar-refractivity contribution in [2.75, 3.05) is 12.0 Å². The number of carbonyl (C=O) groups excluding carboxylic acids is 3. The van der Waals surface area contributed by atoms with E-state index in [-0.39, 0.29) is 10.7 Å². The van der Waals surface area contributed by atoms with Gasteiger partial charge >= 0.3 is 5.97 Å². The summed E-state index contributed by atoms with van der Waals surface area (Å²) >= 11 is 5.30. The summed E-state index contributed by atoms with van der Waals surface area (Å²) in [5.74, 6) is -1.41. The molecule has 35 heavy (non-hydrogen) atoms. The Morgan fingerprint density at radius 1 is 1.03 bits per heavy atom. The highest BCUT2D eigenvalue weighted by Gasteiger charge is 2.34. The smallest absolute Gasteiger partial charge is 0.337 e. The lowest BCUT2D eigenvalue weighted by Gasteiger charge is -2.29. The van der Waals surface area contributed by atoms with E-state index in [1.807, 2.05) is 62.6 Å². The maximum atomic E-state index is 13.4. The number of benzene rings is 2. The van der Waals surface area contributed by atoms with Crippen LogP contribution in [0.5, 0.6) is 0 Å². The molecule has 3 aromatic rings. The Kier molecular flexibility index (Phi) is 6.41. The Morgan fingerprint density at radius 2 is 1.77 bits per heavy atom. The van der Waals surface area contributed by atoms with Gasteiger partial charge in [0.15, 0.2) is 5.11 Å². The van der Waals surface area contributed by atoms with Crippen molar-refractivity contribution in [3.8, 4) is 5.69 Å². The first kappa shape index (κ1) is 24.1. The van der Waals surface area contributed by atoms with E-state index in [0.29, 0.717) is 11.3 Å². The van der Waals surface area contributed by atoms with Crippen LogP contribution in [0.25, 0.3) is 11.8 Å². The first-order chi connectivity index (χ1) is 16.6. The number of nitrogens with zero attached hydrogens (tertiary/aromatic N) is 2. The van der Waals surface area contributed by atoms with Gasteiger partial charge < -0.3 is 9.30 Å². The molecule has 1 aromatic heterocycles. The van der Waals surface area contributed by atoms with Gasteiger partial charge in [0.05, 0.1) is 18.4 Å². The Bertz CT molecular complexity index is 1430. The molecular weight excluding hydrogens is 462 g/mol. The minimum atomic E-state index is -0.535. The van der Waals surface area contributed by atoms with E-state index in [0.717, 1.165) is 33.8 Å². The molecule has 8 heteroatoms. The molecule has 0 radical (unpaired) electrons. The van der Waals surface area contributed by atoms with Crippen LogP contribution >= 0.6 is 12.2 Å². The zero-order chi connectivity index (χ0) is 25.4. The summed E-state index contributed by atoms with van der Waals surface area (Å²) in [5, 5.41) is 2.68. The van der Waals surface area contributed by atoms with Crippen LogP contribution in [0.4, 0.5) is 5.69 Å². The minimum Gasteiger partial charge on any atom is -0.465 e. The van der Waals surface area contributed by atoms with Crippen LogP contribution in [0.15, 0.2) is 54.1 Å². The molecule has 1 aliphatic heterocycles. The number of hydrogen-bond donors (Lipinski definition) is 1. The maximum Gasteiger partial charge on any atom is 0.337 e. The molecule has 0 atom stereocenters. The van der Waals surface area contributed by atoms with Gasteiger partial charge in [-0.15, -0.1) is 0 Å².